The van der Waals surface area contributed by atoms with Gasteiger partial charge in [-0.15, -0.1) is 0 Å². The van der Waals surface area contributed by atoms with E-state index in [9.17, 15) is 0 Å². The molecular formula is C15H19N3O2. The average molecular weight is 273 g/mol. The summed E-state index contributed by atoms with van der Waals surface area (Å²) in [5, 5.41) is 4.46. The maximum Gasteiger partial charge on any atom is 0.0981 e. The van der Waals surface area contributed by atoms with Gasteiger partial charge in [-0.05, 0) is 31.2 Å². The van der Waals surface area contributed by atoms with Crippen molar-refractivity contribution >= 4 is 22.3 Å². The summed E-state index contributed by atoms with van der Waals surface area (Å²) in [5.41, 5.74) is 9.57. The summed E-state index contributed by atoms with van der Waals surface area (Å²) in [6.45, 7) is 4.69. The first-order valence-corrected chi connectivity index (χ1v) is 6.82. The second-order valence-corrected chi connectivity index (χ2v) is 5.04. The number of hydrogen-bond donors (Lipinski definition) is 2. The molecule has 20 heavy (non-hydrogen) atoms. The van der Waals surface area contributed by atoms with Gasteiger partial charge < -0.3 is 20.5 Å². The van der Waals surface area contributed by atoms with Gasteiger partial charge in [-0.3, -0.25) is 4.98 Å². The molecule has 0 bridgehead atoms. The van der Waals surface area contributed by atoms with Gasteiger partial charge in [-0.1, -0.05) is 0 Å². The van der Waals surface area contributed by atoms with E-state index in [0.717, 1.165) is 28.0 Å². The molecule has 3 rings (SSSR count). The van der Waals surface area contributed by atoms with Crippen LogP contribution in [0.3, 0.4) is 0 Å². The minimum Gasteiger partial charge on any atom is -0.399 e. The standard InChI is InChI=1S/C15H19N3O2/c1-10-6-15(17-8-12-9-19-4-5-20-12)13-7-11(16)2-3-14(13)18-10/h2-3,6-7,12H,4-5,8-9,16H2,1H3,(H,17,18). The smallest absolute Gasteiger partial charge is 0.0981 e. The lowest BCUT2D eigenvalue weighted by Gasteiger charge is -2.24. The van der Waals surface area contributed by atoms with Crippen LogP contribution in [0.4, 0.5) is 11.4 Å². The summed E-state index contributed by atoms with van der Waals surface area (Å²) in [4.78, 5) is 4.52. The summed E-state index contributed by atoms with van der Waals surface area (Å²) in [6, 6.07) is 7.80. The van der Waals surface area contributed by atoms with Gasteiger partial charge in [0.25, 0.3) is 0 Å². The second-order valence-electron chi connectivity index (χ2n) is 5.04. The number of ether oxygens (including phenoxy) is 2. The molecule has 1 aromatic heterocycles. The molecule has 2 aromatic rings. The lowest BCUT2D eigenvalue weighted by atomic mass is 10.1. The monoisotopic (exact) mass is 273 g/mol. The molecule has 2 heterocycles. The molecule has 1 aromatic carbocycles. The van der Waals surface area contributed by atoms with Crippen LogP contribution in [0.5, 0.6) is 0 Å². The van der Waals surface area contributed by atoms with Crippen molar-refractivity contribution in [2.24, 2.45) is 0 Å². The van der Waals surface area contributed by atoms with Gasteiger partial charge in [0.15, 0.2) is 0 Å². The number of aryl methyl sites for hydroxylation is 1. The third kappa shape index (κ3) is 2.84. The number of nitrogens with two attached hydrogens (primary N) is 1. The van der Waals surface area contributed by atoms with Crippen LogP contribution in [-0.4, -0.2) is 37.5 Å². The zero-order valence-corrected chi connectivity index (χ0v) is 11.6. The van der Waals surface area contributed by atoms with Gasteiger partial charge in [-0.25, -0.2) is 0 Å². The van der Waals surface area contributed by atoms with Gasteiger partial charge >= 0.3 is 0 Å². The van der Waals surface area contributed by atoms with Crippen LogP contribution >= 0.6 is 0 Å². The van der Waals surface area contributed by atoms with E-state index >= 15 is 0 Å². The average Bonchev–Trinajstić information content (AvgIpc) is 2.46. The van der Waals surface area contributed by atoms with Crippen LogP contribution in [0, 0.1) is 6.92 Å². The highest BCUT2D eigenvalue weighted by Gasteiger charge is 2.14. The highest BCUT2D eigenvalue weighted by Crippen LogP contribution is 2.25. The number of anilines is 2. The Bertz CT molecular complexity index is 609. The van der Waals surface area contributed by atoms with Crippen molar-refractivity contribution in [2.45, 2.75) is 13.0 Å². The predicted octanol–water partition coefficient (Wildman–Crippen LogP) is 1.95. The van der Waals surface area contributed by atoms with Crippen molar-refractivity contribution in [3.8, 4) is 0 Å². The quantitative estimate of drug-likeness (QED) is 0.837. The molecule has 0 radical (unpaired) electrons. The van der Waals surface area contributed by atoms with Gasteiger partial charge in [0.05, 0.1) is 31.4 Å². The molecule has 1 aliphatic rings. The summed E-state index contributed by atoms with van der Waals surface area (Å²) < 4.78 is 11.0. The van der Waals surface area contributed by atoms with Crippen molar-refractivity contribution in [3.63, 3.8) is 0 Å². The first-order valence-electron chi connectivity index (χ1n) is 6.82. The Morgan fingerprint density at radius 1 is 1.35 bits per heavy atom. The zero-order valence-electron chi connectivity index (χ0n) is 11.6. The van der Waals surface area contributed by atoms with Crippen molar-refractivity contribution in [2.75, 3.05) is 37.4 Å². The number of fused-ring (bicyclic) bond motifs is 1. The minimum absolute atomic E-state index is 0.0910. The van der Waals surface area contributed by atoms with E-state index in [1.807, 2.05) is 31.2 Å². The Balaban J connectivity index is 1.83. The summed E-state index contributed by atoms with van der Waals surface area (Å²) in [7, 11) is 0. The highest BCUT2D eigenvalue weighted by molar-refractivity contribution is 5.93. The molecule has 5 heteroatoms. The van der Waals surface area contributed by atoms with E-state index in [-0.39, 0.29) is 6.10 Å². The summed E-state index contributed by atoms with van der Waals surface area (Å²) >= 11 is 0. The third-order valence-electron chi connectivity index (χ3n) is 3.37. The fourth-order valence-electron chi connectivity index (χ4n) is 2.40. The summed E-state index contributed by atoms with van der Waals surface area (Å²) in [5.74, 6) is 0. The molecule has 106 valence electrons. The Morgan fingerprint density at radius 2 is 2.25 bits per heavy atom. The SMILES string of the molecule is Cc1cc(NCC2COCCO2)c2cc(N)ccc2n1. The number of pyridine rings is 1. The number of benzene rings is 1. The lowest BCUT2D eigenvalue weighted by Crippen LogP contribution is -2.34. The second kappa shape index (κ2) is 5.64. The van der Waals surface area contributed by atoms with Crippen molar-refractivity contribution in [3.05, 3.63) is 30.0 Å². The molecule has 0 saturated carbocycles. The molecule has 3 N–H and O–H groups in total. The number of aromatic nitrogens is 1. The van der Waals surface area contributed by atoms with Gasteiger partial charge in [-0.2, -0.15) is 0 Å². The number of rotatable bonds is 3. The van der Waals surface area contributed by atoms with Gasteiger partial charge in [0, 0.05) is 29.0 Å². The van der Waals surface area contributed by atoms with Crippen LogP contribution in [-0.2, 0) is 9.47 Å². The van der Waals surface area contributed by atoms with E-state index in [2.05, 4.69) is 10.3 Å². The van der Waals surface area contributed by atoms with Crippen LogP contribution in [0.25, 0.3) is 10.9 Å². The third-order valence-corrected chi connectivity index (χ3v) is 3.37. The van der Waals surface area contributed by atoms with Crippen molar-refractivity contribution < 1.29 is 9.47 Å². The first-order chi connectivity index (χ1) is 9.72. The van der Waals surface area contributed by atoms with Crippen LogP contribution in [0.15, 0.2) is 24.3 Å². The maximum absolute atomic E-state index is 5.87. The van der Waals surface area contributed by atoms with E-state index in [1.54, 1.807) is 0 Å². The normalized spacial score (nSPS) is 19.1. The molecule has 0 spiro atoms. The van der Waals surface area contributed by atoms with Gasteiger partial charge in [0.2, 0.25) is 0 Å². The Hall–Kier alpha value is -1.85. The molecule has 1 saturated heterocycles. The molecule has 5 nitrogen and oxygen atoms in total. The Labute approximate surface area is 118 Å². The number of nitrogen functional groups attached to an aromatic ring is 1. The molecular weight excluding hydrogens is 254 g/mol. The molecule has 1 atom stereocenters. The Kier molecular flexibility index (Phi) is 3.71. The molecule has 0 amide bonds. The minimum atomic E-state index is 0.0910. The molecule has 1 unspecified atom stereocenters. The molecule has 1 fully saturated rings. The van der Waals surface area contributed by atoms with Crippen LogP contribution in [0.2, 0.25) is 0 Å². The van der Waals surface area contributed by atoms with E-state index in [4.69, 9.17) is 15.2 Å². The number of hydrogen-bond acceptors (Lipinski definition) is 5. The zero-order chi connectivity index (χ0) is 13.9. The van der Waals surface area contributed by atoms with Crippen LogP contribution in [0.1, 0.15) is 5.69 Å². The van der Waals surface area contributed by atoms with Crippen molar-refractivity contribution in [1.82, 2.24) is 4.98 Å². The van der Waals surface area contributed by atoms with E-state index in [1.165, 1.54) is 0 Å². The fourth-order valence-corrected chi connectivity index (χ4v) is 2.40. The maximum atomic E-state index is 5.87. The highest BCUT2D eigenvalue weighted by atomic mass is 16.6. The lowest BCUT2D eigenvalue weighted by molar-refractivity contribution is -0.0818. The van der Waals surface area contributed by atoms with E-state index < -0.39 is 0 Å². The number of nitrogens with zero attached hydrogens (tertiary/aromatic N) is 1. The Morgan fingerprint density at radius 3 is 3.05 bits per heavy atom. The topological polar surface area (TPSA) is 69.4 Å². The van der Waals surface area contributed by atoms with Gasteiger partial charge in [0.1, 0.15) is 0 Å². The number of nitrogens with one attached hydrogen (secondary N) is 1. The predicted molar refractivity (Wildman–Crippen MR) is 79.9 cm³/mol. The fraction of sp³-hybridized carbons (Fsp3) is 0.400. The van der Waals surface area contributed by atoms with Crippen LogP contribution < -0.4 is 11.1 Å². The molecule has 1 aliphatic heterocycles. The molecule has 0 aliphatic carbocycles. The first kappa shape index (κ1) is 13.1. The van der Waals surface area contributed by atoms with E-state index in [0.29, 0.717) is 26.4 Å². The summed E-state index contributed by atoms with van der Waals surface area (Å²) in [6.07, 6.45) is 0.0910. The van der Waals surface area contributed by atoms with Crippen molar-refractivity contribution in [1.29, 1.82) is 0 Å². The largest absolute Gasteiger partial charge is 0.399 e.